The van der Waals surface area contributed by atoms with Crippen molar-refractivity contribution in [3.8, 4) is 0 Å². The number of benzene rings is 2. The lowest BCUT2D eigenvalue weighted by Crippen LogP contribution is -2.62. The zero-order valence-corrected chi connectivity index (χ0v) is 31.8. The highest BCUT2D eigenvalue weighted by Gasteiger charge is 2.49. The Morgan fingerprint density at radius 3 is 1.76 bits per heavy atom. The van der Waals surface area contributed by atoms with Crippen molar-refractivity contribution in [3.05, 3.63) is 79.9 Å². The molecule has 272 valence electrons. The molecule has 0 bridgehead atoms. The van der Waals surface area contributed by atoms with Crippen LogP contribution in [-0.4, -0.2) is 70.8 Å². The van der Waals surface area contributed by atoms with Crippen molar-refractivity contribution < 1.29 is 38.1 Å². The van der Waals surface area contributed by atoms with Crippen LogP contribution in [0, 0.1) is 37.5 Å². The molecule has 2 aromatic rings. The Morgan fingerprint density at radius 1 is 0.920 bits per heavy atom. The maximum Gasteiger partial charge on any atom is 0.407 e. The molecule has 19 heteroatoms. The van der Waals surface area contributed by atoms with Gasteiger partial charge in [-0.05, 0) is 53.9 Å². The van der Waals surface area contributed by atoms with Crippen molar-refractivity contribution in [2.45, 2.75) is 57.7 Å². The number of ether oxygens (including phenoxy) is 2. The van der Waals surface area contributed by atoms with E-state index in [2.05, 4.69) is 49.8 Å². The third-order valence-corrected chi connectivity index (χ3v) is 11.3. The number of rotatable bonds is 16. The maximum atomic E-state index is 12.8. The average Bonchev–Trinajstić information content (AvgIpc) is 3.05. The highest BCUT2D eigenvalue weighted by molar-refractivity contribution is 8.47. The van der Waals surface area contributed by atoms with E-state index in [0.29, 0.717) is 21.3 Å². The van der Waals surface area contributed by atoms with Crippen molar-refractivity contribution in [1.82, 2.24) is 16.0 Å². The van der Waals surface area contributed by atoms with E-state index < -0.39 is 36.3 Å². The van der Waals surface area contributed by atoms with Gasteiger partial charge < -0.3 is 29.9 Å². The maximum absolute atomic E-state index is 12.8. The van der Waals surface area contributed by atoms with Crippen molar-refractivity contribution in [2.24, 2.45) is 17.3 Å². The molecule has 2 aromatic carbocycles. The molecule has 0 unspecified atom stereocenters. The third-order valence-electron chi connectivity index (χ3n) is 7.54. The Bertz CT molecular complexity index is 1450. The van der Waals surface area contributed by atoms with E-state index in [1.165, 1.54) is 72.1 Å². The number of nitro groups is 2. The Labute approximate surface area is 305 Å². The standard InChI is InChI=1S/C31H41N5O10S3Si/c1-31(2,3)24(18-46-50(4)5)25-26(37)34-27(25)49-30(47)48-23(14-32-28(38)44-16-19-6-10-21(11-7-19)35(40)41)15-33-29(39)45-17-20-8-12-22(13-9-20)36(42)43/h6-13,23-25,27,50H,14-18H2,1-5H3,(H,32,38)(H,33,39)(H,34,37)/t24-,25+,27-/m1/s1. The summed E-state index contributed by atoms with van der Waals surface area (Å²) >= 11 is 8.26. The van der Waals surface area contributed by atoms with E-state index in [9.17, 15) is 34.6 Å². The van der Waals surface area contributed by atoms with Crippen molar-refractivity contribution in [1.29, 1.82) is 0 Å². The predicted molar refractivity (Wildman–Crippen MR) is 197 cm³/mol. The molecule has 0 aliphatic carbocycles. The first-order chi connectivity index (χ1) is 23.5. The zero-order valence-electron chi connectivity index (χ0n) is 28.2. The largest absolute Gasteiger partial charge is 0.445 e. The fourth-order valence-electron chi connectivity index (χ4n) is 4.70. The van der Waals surface area contributed by atoms with Gasteiger partial charge in [-0.25, -0.2) is 9.59 Å². The van der Waals surface area contributed by atoms with Gasteiger partial charge in [0.15, 0.2) is 9.04 Å². The van der Waals surface area contributed by atoms with Crippen LogP contribution in [0.25, 0.3) is 0 Å². The van der Waals surface area contributed by atoms with Crippen LogP contribution in [0.15, 0.2) is 48.5 Å². The molecule has 3 N–H and O–H groups in total. The Kier molecular flexibility index (Phi) is 15.4. The van der Waals surface area contributed by atoms with E-state index in [4.69, 9.17) is 26.1 Å². The van der Waals surface area contributed by atoms with Crippen molar-refractivity contribution >= 4 is 77.8 Å². The van der Waals surface area contributed by atoms with Gasteiger partial charge in [0.05, 0.1) is 21.1 Å². The van der Waals surface area contributed by atoms with Gasteiger partial charge in [-0.1, -0.05) is 44.8 Å². The van der Waals surface area contributed by atoms with Crippen LogP contribution < -0.4 is 16.0 Å². The fourth-order valence-corrected chi connectivity index (χ4v) is 8.40. The Balaban J connectivity index is 1.60. The van der Waals surface area contributed by atoms with E-state index in [0.717, 1.165) is 0 Å². The quantitative estimate of drug-likeness (QED) is 0.0635. The summed E-state index contributed by atoms with van der Waals surface area (Å²) in [7, 11) is -1.31. The number of hydrogen-bond acceptors (Lipinski definition) is 13. The molecule has 0 saturated carbocycles. The van der Waals surface area contributed by atoms with E-state index >= 15 is 0 Å². The minimum atomic E-state index is -1.31. The van der Waals surface area contributed by atoms with Gasteiger partial charge in [0.25, 0.3) is 11.4 Å². The summed E-state index contributed by atoms with van der Waals surface area (Å²) in [6.45, 7) is 10.7. The number of carbonyl (C=O) groups excluding carboxylic acids is 3. The van der Waals surface area contributed by atoms with Crippen LogP contribution in [0.1, 0.15) is 31.9 Å². The smallest absolute Gasteiger partial charge is 0.407 e. The van der Waals surface area contributed by atoms with Crippen LogP contribution in [0.3, 0.4) is 0 Å². The summed E-state index contributed by atoms with van der Waals surface area (Å²) in [5, 5.41) is 29.3. The molecule has 3 atom stereocenters. The molecule has 50 heavy (non-hydrogen) atoms. The number of nitrogens with zero attached hydrogens (tertiary/aromatic N) is 2. The highest BCUT2D eigenvalue weighted by Crippen LogP contribution is 2.43. The summed E-state index contributed by atoms with van der Waals surface area (Å²) in [4.78, 5) is 58.5. The van der Waals surface area contributed by atoms with Crippen LogP contribution in [-0.2, 0) is 31.9 Å². The lowest BCUT2D eigenvalue weighted by molar-refractivity contribution is -0.385. The molecule has 1 heterocycles. The predicted octanol–water partition coefficient (Wildman–Crippen LogP) is 5.51. The fraction of sp³-hybridized carbons (Fsp3) is 0.484. The number of amides is 3. The molecule has 1 fully saturated rings. The molecule has 0 spiro atoms. The van der Waals surface area contributed by atoms with E-state index in [1.807, 2.05) is 0 Å². The number of carbonyl (C=O) groups is 3. The van der Waals surface area contributed by atoms with E-state index in [-0.39, 0.29) is 66.2 Å². The molecular weight excluding hydrogens is 727 g/mol. The minimum Gasteiger partial charge on any atom is -0.445 e. The summed E-state index contributed by atoms with van der Waals surface area (Å²) in [6, 6.07) is 11.2. The molecule has 0 aromatic heterocycles. The number of hydrogen-bond donors (Lipinski definition) is 3. The second-order valence-electron chi connectivity index (χ2n) is 12.7. The van der Waals surface area contributed by atoms with Crippen LogP contribution >= 0.6 is 35.7 Å². The Hall–Kier alpha value is -3.78. The number of β-lactam (4-membered cyclic amide) rings is 1. The second kappa shape index (κ2) is 19.0. The van der Waals surface area contributed by atoms with Gasteiger partial charge in [0.1, 0.15) is 16.7 Å². The molecule has 3 amide bonds. The van der Waals surface area contributed by atoms with Crippen LogP contribution in [0.5, 0.6) is 0 Å². The molecule has 1 aliphatic heterocycles. The van der Waals surface area contributed by atoms with E-state index in [1.54, 1.807) is 0 Å². The summed E-state index contributed by atoms with van der Waals surface area (Å²) in [5.74, 6) is -0.410. The molecule has 15 nitrogen and oxygen atoms in total. The minimum absolute atomic E-state index is 0.0328. The first-order valence-electron chi connectivity index (χ1n) is 15.6. The summed E-state index contributed by atoms with van der Waals surface area (Å²) in [5.41, 5.74) is 0.743. The second-order valence-corrected chi connectivity index (χ2v) is 18.8. The van der Waals surface area contributed by atoms with Gasteiger partial charge in [-0.3, -0.25) is 25.0 Å². The van der Waals surface area contributed by atoms with Crippen molar-refractivity contribution in [2.75, 3.05) is 19.7 Å². The zero-order chi connectivity index (χ0) is 37.0. The molecular formula is C31H41N5O10S3Si. The van der Waals surface area contributed by atoms with Crippen molar-refractivity contribution in [3.63, 3.8) is 0 Å². The first kappa shape index (κ1) is 40.6. The van der Waals surface area contributed by atoms with Crippen LogP contribution in [0.4, 0.5) is 21.0 Å². The summed E-state index contributed by atoms with van der Waals surface area (Å²) in [6.07, 6.45) is -1.50. The number of non-ortho nitro benzene ring substituents is 2. The monoisotopic (exact) mass is 767 g/mol. The summed E-state index contributed by atoms with van der Waals surface area (Å²) < 4.78 is 17.0. The van der Waals surface area contributed by atoms with Gasteiger partial charge in [0.2, 0.25) is 5.91 Å². The van der Waals surface area contributed by atoms with Crippen LogP contribution in [0.2, 0.25) is 13.1 Å². The molecule has 0 radical (unpaired) electrons. The van der Waals surface area contributed by atoms with Gasteiger partial charge in [0, 0.05) is 55.1 Å². The number of alkyl carbamates (subject to hydrolysis) is 2. The topological polar surface area (TPSA) is 201 Å². The number of thiocarbonyl (C=S) groups is 1. The molecule has 1 saturated heterocycles. The molecule has 1 aliphatic rings. The molecule has 3 rings (SSSR count). The van der Waals surface area contributed by atoms with Gasteiger partial charge >= 0.3 is 12.2 Å². The van der Waals surface area contributed by atoms with Gasteiger partial charge in [-0.2, -0.15) is 0 Å². The number of nitro benzene ring substituents is 2. The third kappa shape index (κ3) is 13.2. The average molecular weight is 768 g/mol. The Morgan fingerprint density at radius 2 is 1.38 bits per heavy atom. The highest BCUT2D eigenvalue weighted by atomic mass is 32.2. The number of thioether (sulfide) groups is 2. The lowest BCUT2D eigenvalue weighted by Gasteiger charge is -2.46. The lowest BCUT2D eigenvalue weighted by atomic mass is 9.71. The number of nitrogens with one attached hydrogen (secondary N) is 3. The SMILES string of the molecule is C[SiH](C)OC[C@H]([C@H]1C(=O)N[C@@H]1SC(=S)SC(CNC(=O)OCc1ccc([N+](=O)[O-])cc1)CNC(=O)OCc1ccc([N+](=O)[O-])cc1)C(C)(C)C. The van der Waals surface area contributed by atoms with Gasteiger partial charge in [-0.15, -0.1) is 11.8 Å². The normalized spacial score (nSPS) is 16.2. The first-order valence-corrected chi connectivity index (χ1v) is 20.6.